The largest absolute Gasteiger partial charge is 0.383 e. The molecule has 0 amide bonds. The smallest absolute Gasteiger partial charge is 0.259 e. The molecule has 6 nitrogen and oxygen atoms in total. The maximum Gasteiger partial charge on any atom is 0.259 e. The third-order valence-corrected chi connectivity index (χ3v) is 7.13. The van der Waals surface area contributed by atoms with Crippen LogP contribution in [0.4, 0.5) is 5.82 Å². The van der Waals surface area contributed by atoms with E-state index in [1.807, 2.05) is 40.3 Å². The summed E-state index contributed by atoms with van der Waals surface area (Å²) in [5, 5.41) is 0. The second-order valence-electron chi connectivity index (χ2n) is 13.1. The van der Waals surface area contributed by atoms with Crippen LogP contribution in [-0.2, 0) is 28.7 Å². The molecule has 6 heteroatoms. The van der Waals surface area contributed by atoms with E-state index in [9.17, 15) is 4.79 Å². The summed E-state index contributed by atoms with van der Waals surface area (Å²) in [6, 6.07) is 4.49. The van der Waals surface area contributed by atoms with Crippen molar-refractivity contribution in [3.63, 3.8) is 0 Å². The Morgan fingerprint density at radius 2 is 1.47 bits per heavy atom. The molecule has 0 unspecified atom stereocenters. The minimum absolute atomic E-state index is 0.0270. The number of nitrogen functional groups attached to an aromatic ring is 1. The van der Waals surface area contributed by atoms with Crippen LogP contribution in [-0.4, -0.2) is 18.9 Å². The molecule has 0 saturated heterocycles. The predicted molar refractivity (Wildman–Crippen MR) is 142 cm³/mol. The summed E-state index contributed by atoms with van der Waals surface area (Å²) in [5.74, 6) is 1.08. The van der Waals surface area contributed by atoms with Gasteiger partial charge in [-0.05, 0) is 35.3 Å². The second-order valence-corrected chi connectivity index (χ2v) is 13.1. The summed E-state index contributed by atoms with van der Waals surface area (Å²) in [6.07, 6.45) is 5.66. The van der Waals surface area contributed by atoms with Gasteiger partial charge in [0.15, 0.2) is 0 Å². The Morgan fingerprint density at radius 1 is 0.882 bits per heavy atom. The van der Waals surface area contributed by atoms with Gasteiger partial charge in [-0.15, -0.1) is 0 Å². The van der Waals surface area contributed by atoms with E-state index in [0.717, 1.165) is 24.2 Å². The lowest BCUT2D eigenvalue weighted by Crippen LogP contribution is -2.38. The zero-order chi connectivity index (χ0) is 25.9. The first-order chi connectivity index (χ1) is 15.4. The zero-order valence-corrected chi connectivity index (χ0v) is 23.0. The summed E-state index contributed by atoms with van der Waals surface area (Å²) in [7, 11) is 1.81. The quantitative estimate of drug-likeness (QED) is 0.529. The predicted octanol–water partition coefficient (Wildman–Crippen LogP) is 5.64. The molecule has 3 aromatic heterocycles. The van der Waals surface area contributed by atoms with Crippen LogP contribution in [0.25, 0.3) is 5.52 Å². The number of imidazole rings is 1. The van der Waals surface area contributed by atoms with E-state index in [2.05, 4.69) is 70.0 Å². The Bertz CT molecular complexity index is 1260. The van der Waals surface area contributed by atoms with Crippen molar-refractivity contribution in [2.75, 3.05) is 5.73 Å². The van der Waals surface area contributed by atoms with Gasteiger partial charge in [-0.2, -0.15) is 0 Å². The summed E-state index contributed by atoms with van der Waals surface area (Å²) >= 11 is 0. The molecule has 0 aliphatic carbocycles. The molecule has 2 N–H and O–H groups in total. The molecular formula is C28H43N5O. The summed E-state index contributed by atoms with van der Waals surface area (Å²) < 4.78 is 3.91. The number of hydrogen-bond donors (Lipinski definition) is 1. The Balaban J connectivity index is 1.96. The number of aromatic nitrogens is 4. The fraction of sp³-hybridized carbons (Fsp3) is 0.607. The number of nitrogens with two attached hydrogens (primary N) is 1. The Labute approximate surface area is 204 Å². The Kier molecular flexibility index (Phi) is 6.30. The highest BCUT2D eigenvalue weighted by Gasteiger charge is 2.34. The van der Waals surface area contributed by atoms with Gasteiger partial charge in [0.25, 0.3) is 5.56 Å². The van der Waals surface area contributed by atoms with E-state index >= 15 is 0 Å². The van der Waals surface area contributed by atoms with Crippen molar-refractivity contribution in [3.8, 4) is 0 Å². The number of nitrogens with zero attached hydrogens (tertiary/aromatic N) is 4. The van der Waals surface area contributed by atoms with Crippen molar-refractivity contribution in [2.24, 2.45) is 7.05 Å². The van der Waals surface area contributed by atoms with Crippen LogP contribution < -0.4 is 11.3 Å². The first kappa shape index (κ1) is 26.0. The fourth-order valence-corrected chi connectivity index (χ4v) is 5.00. The van der Waals surface area contributed by atoms with Crippen molar-refractivity contribution in [2.45, 2.75) is 104 Å². The maximum absolute atomic E-state index is 13.2. The normalized spacial score (nSPS) is 13.6. The van der Waals surface area contributed by atoms with Crippen molar-refractivity contribution in [3.05, 3.63) is 57.7 Å². The van der Waals surface area contributed by atoms with Gasteiger partial charge in [0.05, 0.1) is 23.6 Å². The minimum Gasteiger partial charge on any atom is -0.383 e. The third kappa shape index (κ3) is 4.64. The van der Waals surface area contributed by atoms with Gasteiger partial charge in [-0.3, -0.25) is 9.36 Å². The van der Waals surface area contributed by atoms with Gasteiger partial charge in [0.2, 0.25) is 0 Å². The molecule has 0 bridgehead atoms. The van der Waals surface area contributed by atoms with Crippen molar-refractivity contribution in [1.82, 2.24) is 18.9 Å². The van der Waals surface area contributed by atoms with Crippen molar-refractivity contribution in [1.29, 1.82) is 0 Å². The molecule has 0 spiro atoms. The maximum atomic E-state index is 13.2. The third-order valence-electron chi connectivity index (χ3n) is 7.13. The zero-order valence-electron chi connectivity index (χ0n) is 23.0. The van der Waals surface area contributed by atoms with Crippen LogP contribution in [0.3, 0.4) is 0 Å². The van der Waals surface area contributed by atoms with E-state index in [0.29, 0.717) is 11.4 Å². The topological polar surface area (TPSA) is 78.2 Å². The average molecular weight is 466 g/mol. The standard InChI is InChI=1S/C28H43N5O/c1-25(2,3)20-13-12-18(19-16-30-17-33(19)20)27(7,8)14-15-28(9,10)24-31-22(29)21(26(4,5)6)23(34)32(24)11/h12-13,16-17H,14-15,29H2,1-11H3. The molecule has 3 heterocycles. The highest BCUT2D eigenvalue weighted by Crippen LogP contribution is 2.38. The van der Waals surface area contributed by atoms with E-state index in [-0.39, 0.29) is 27.2 Å². The average Bonchev–Trinajstić information content (AvgIpc) is 3.16. The number of anilines is 1. The summed E-state index contributed by atoms with van der Waals surface area (Å²) in [4.78, 5) is 22.4. The molecule has 3 aromatic rings. The van der Waals surface area contributed by atoms with Crippen LogP contribution in [0.2, 0.25) is 0 Å². The monoisotopic (exact) mass is 465 g/mol. The molecule has 3 rings (SSSR count). The number of rotatable bonds is 5. The first-order valence-corrected chi connectivity index (χ1v) is 12.2. The Hall–Kier alpha value is -2.63. The molecule has 0 aromatic carbocycles. The minimum atomic E-state index is -0.355. The van der Waals surface area contributed by atoms with Crippen LogP contribution in [0.15, 0.2) is 29.5 Å². The van der Waals surface area contributed by atoms with Gasteiger partial charge < -0.3 is 10.1 Å². The fourth-order valence-electron chi connectivity index (χ4n) is 5.00. The van der Waals surface area contributed by atoms with Crippen LogP contribution >= 0.6 is 0 Å². The molecule has 186 valence electrons. The van der Waals surface area contributed by atoms with Gasteiger partial charge in [0, 0.05) is 23.6 Å². The lowest BCUT2D eigenvalue weighted by Gasteiger charge is -2.34. The van der Waals surface area contributed by atoms with Gasteiger partial charge in [-0.25, -0.2) is 9.97 Å². The molecule has 34 heavy (non-hydrogen) atoms. The lowest BCUT2D eigenvalue weighted by atomic mass is 9.74. The van der Waals surface area contributed by atoms with Gasteiger partial charge in [-0.1, -0.05) is 75.3 Å². The van der Waals surface area contributed by atoms with Crippen molar-refractivity contribution >= 4 is 11.3 Å². The van der Waals surface area contributed by atoms with Gasteiger partial charge >= 0.3 is 0 Å². The van der Waals surface area contributed by atoms with E-state index in [1.54, 1.807) is 4.57 Å². The molecule has 0 atom stereocenters. The molecule has 0 radical (unpaired) electrons. The molecule has 0 aliphatic heterocycles. The van der Waals surface area contributed by atoms with E-state index in [4.69, 9.17) is 10.7 Å². The second kappa shape index (κ2) is 8.24. The number of fused-ring (bicyclic) bond motifs is 1. The highest BCUT2D eigenvalue weighted by atomic mass is 16.1. The van der Waals surface area contributed by atoms with Crippen molar-refractivity contribution < 1.29 is 0 Å². The number of hydrogen-bond acceptors (Lipinski definition) is 4. The lowest BCUT2D eigenvalue weighted by molar-refractivity contribution is 0.352. The van der Waals surface area contributed by atoms with Crippen LogP contribution in [0.1, 0.15) is 105 Å². The van der Waals surface area contributed by atoms with Crippen LogP contribution in [0, 0.1) is 0 Å². The van der Waals surface area contributed by atoms with Gasteiger partial charge in [0.1, 0.15) is 11.6 Å². The molecular weight excluding hydrogens is 422 g/mol. The number of pyridine rings is 1. The van der Waals surface area contributed by atoms with E-state index < -0.39 is 0 Å². The van der Waals surface area contributed by atoms with E-state index in [1.165, 1.54) is 11.3 Å². The molecule has 0 aliphatic rings. The molecule has 0 fully saturated rings. The van der Waals surface area contributed by atoms with Crippen LogP contribution in [0.5, 0.6) is 0 Å². The Morgan fingerprint density at radius 3 is 2.03 bits per heavy atom. The summed E-state index contributed by atoms with van der Waals surface area (Å²) in [5.41, 5.74) is 9.77. The first-order valence-electron chi connectivity index (χ1n) is 12.2. The SMILES string of the molecule is Cn1c(C(C)(C)CCC(C)(C)c2ccc(C(C)(C)C)n3cncc23)nc(N)c(C(C)(C)C)c1=O. The molecule has 0 saturated carbocycles. The highest BCUT2D eigenvalue weighted by molar-refractivity contribution is 5.58. The summed E-state index contributed by atoms with van der Waals surface area (Å²) in [6.45, 7) is 21.5.